The Balaban J connectivity index is 1.65. The van der Waals surface area contributed by atoms with Gasteiger partial charge < -0.3 is 15.4 Å². The monoisotopic (exact) mass is 592 g/mol. The predicted molar refractivity (Wildman–Crippen MR) is 143 cm³/mol. The summed E-state index contributed by atoms with van der Waals surface area (Å²) >= 11 is 5.89. The van der Waals surface area contributed by atoms with Crippen molar-refractivity contribution in [2.45, 2.75) is 38.5 Å². The van der Waals surface area contributed by atoms with Gasteiger partial charge in [-0.3, -0.25) is 14.5 Å². The Kier molecular flexibility index (Phi) is 8.25. The summed E-state index contributed by atoms with van der Waals surface area (Å²) in [5, 5.41) is -0.150. The number of nitrogens with two attached hydrogens (primary N) is 1. The van der Waals surface area contributed by atoms with Crippen molar-refractivity contribution in [1.82, 2.24) is 4.98 Å². The second kappa shape index (κ2) is 11.4. The largest absolute Gasteiger partial charge is 0.432 e. The molecule has 0 spiro atoms. The molecule has 2 aromatic carbocycles. The standard InChI is InChI=1S/C28H25ClF4N4O4/c1-3-36(20-7-8-22(30)21(29)14-20)24(38)18-6-4-5-17(12-18)15-27(41-26(34)40)9-10-37(25(27)39)23-13-19(28(31,32)33)11-16(2)35-23/h4-8,11-14H,3,9-10,15H2,1-2H3,(H2,34,40)/t27-/m1/s1. The van der Waals surface area contributed by atoms with Crippen LogP contribution in [-0.2, 0) is 22.1 Å². The maximum atomic E-state index is 13.7. The van der Waals surface area contributed by atoms with Crippen LogP contribution in [0.1, 0.15) is 40.5 Å². The van der Waals surface area contributed by atoms with Gasteiger partial charge in [-0.05, 0) is 61.9 Å². The van der Waals surface area contributed by atoms with E-state index >= 15 is 0 Å². The van der Waals surface area contributed by atoms with E-state index in [9.17, 15) is 31.9 Å². The lowest BCUT2D eigenvalue weighted by atomic mass is 9.91. The van der Waals surface area contributed by atoms with Crippen molar-refractivity contribution in [3.05, 3.63) is 87.8 Å². The second-order valence-electron chi connectivity index (χ2n) is 9.50. The number of rotatable bonds is 7. The minimum Gasteiger partial charge on any atom is -0.432 e. The zero-order chi connectivity index (χ0) is 30.1. The maximum absolute atomic E-state index is 13.7. The van der Waals surface area contributed by atoms with Crippen molar-refractivity contribution >= 4 is 41.0 Å². The molecule has 1 aromatic heterocycles. The van der Waals surface area contributed by atoms with Crippen LogP contribution in [0, 0.1) is 12.7 Å². The predicted octanol–water partition coefficient (Wildman–Crippen LogP) is 5.68. The van der Waals surface area contributed by atoms with Gasteiger partial charge in [0.25, 0.3) is 11.8 Å². The Bertz CT molecular complexity index is 1520. The van der Waals surface area contributed by atoms with Crippen LogP contribution in [0.15, 0.2) is 54.6 Å². The summed E-state index contributed by atoms with van der Waals surface area (Å²) in [4.78, 5) is 45.3. The van der Waals surface area contributed by atoms with E-state index in [0.29, 0.717) is 11.3 Å². The number of carbonyl (C=O) groups is 3. The van der Waals surface area contributed by atoms with Crippen molar-refractivity contribution in [1.29, 1.82) is 0 Å². The molecule has 8 nitrogen and oxygen atoms in total. The fourth-order valence-corrected chi connectivity index (χ4v) is 4.98. The Morgan fingerprint density at radius 2 is 1.90 bits per heavy atom. The van der Waals surface area contributed by atoms with Gasteiger partial charge in [0.15, 0.2) is 5.60 Å². The number of halogens is 5. The van der Waals surface area contributed by atoms with Crippen LogP contribution in [-0.4, -0.2) is 41.6 Å². The van der Waals surface area contributed by atoms with Gasteiger partial charge in [-0.2, -0.15) is 13.2 Å². The molecule has 0 aliphatic carbocycles. The summed E-state index contributed by atoms with van der Waals surface area (Å²) in [6.07, 6.45) is -6.20. The number of benzene rings is 2. The summed E-state index contributed by atoms with van der Waals surface area (Å²) < 4.78 is 59.2. The molecule has 0 saturated carbocycles. The van der Waals surface area contributed by atoms with Gasteiger partial charge in [0, 0.05) is 42.9 Å². The minimum absolute atomic E-state index is 0.0464. The molecule has 3 aromatic rings. The fraction of sp³-hybridized carbons (Fsp3) is 0.286. The number of pyridine rings is 1. The molecule has 1 atom stereocenters. The van der Waals surface area contributed by atoms with Gasteiger partial charge in [0.2, 0.25) is 0 Å². The molecule has 216 valence electrons. The number of nitrogens with zero attached hydrogens (tertiary/aromatic N) is 3. The SMILES string of the molecule is CCN(C(=O)c1cccc(C[C@]2(OC(N)=O)CCN(c3cc(C(F)(F)F)cc(C)n3)C2=O)c1)c1ccc(F)c(Cl)c1. The zero-order valence-electron chi connectivity index (χ0n) is 22.0. The number of aromatic nitrogens is 1. The summed E-state index contributed by atoms with van der Waals surface area (Å²) in [7, 11) is 0. The van der Waals surface area contributed by atoms with Crippen molar-refractivity contribution in [3.8, 4) is 0 Å². The van der Waals surface area contributed by atoms with Gasteiger partial charge in [-0.25, -0.2) is 14.2 Å². The summed E-state index contributed by atoms with van der Waals surface area (Å²) in [6.45, 7) is 3.24. The highest BCUT2D eigenvalue weighted by atomic mass is 35.5. The molecular weight excluding hydrogens is 568 g/mol. The van der Waals surface area contributed by atoms with Crippen LogP contribution in [0.5, 0.6) is 0 Å². The first kappa shape index (κ1) is 29.8. The first-order valence-corrected chi connectivity index (χ1v) is 12.8. The smallest absolute Gasteiger partial charge is 0.416 e. The maximum Gasteiger partial charge on any atom is 0.416 e. The van der Waals surface area contributed by atoms with Gasteiger partial charge >= 0.3 is 12.3 Å². The van der Waals surface area contributed by atoms with Crippen LogP contribution in [0.25, 0.3) is 0 Å². The molecule has 3 amide bonds. The molecule has 13 heteroatoms. The summed E-state index contributed by atoms with van der Waals surface area (Å²) in [6, 6.07) is 11.7. The molecule has 1 aliphatic rings. The highest BCUT2D eigenvalue weighted by Crippen LogP contribution is 2.37. The number of anilines is 2. The average molecular weight is 593 g/mol. The molecule has 1 aliphatic heterocycles. The molecule has 41 heavy (non-hydrogen) atoms. The second-order valence-corrected chi connectivity index (χ2v) is 9.91. The van der Waals surface area contributed by atoms with Crippen molar-refractivity contribution < 1.29 is 36.7 Å². The molecule has 2 heterocycles. The van der Waals surface area contributed by atoms with Gasteiger partial charge in [-0.1, -0.05) is 23.7 Å². The van der Waals surface area contributed by atoms with Crippen LogP contribution >= 0.6 is 11.6 Å². The van der Waals surface area contributed by atoms with E-state index in [0.717, 1.165) is 23.1 Å². The molecule has 2 N–H and O–H groups in total. The highest BCUT2D eigenvalue weighted by molar-refractivity contribution is 6.31. The fourth-order valence-electron chi connectivity index (χ4n) is 4.80. The van der Waals surface area contributed by atoms with Crippen molar-refractivity contribution in [2.75, 3.05) is 22.9 Å². The molecule has 1 saturated heterocycles. The van der Waals surface area contributed by atoms with E-state index in [1.54, 1.807) is 25.1 Å². The molecule has 0 radical (unpaired) electrons. The number of hydrogen-bond donors (Lipinski definition) is 1. The number of alkyl halides is 3. The first-order valence-electron chi connectivity index (χ1n) is 12.5. The quantitative estimate of drug-likeness (QED) is 0.355. The Hall–Kier alpha value is -4.19. The number of aryl methyl sites for hydroxylation is 1. The van der Waals surface area contributed by atoms with Crippen molar-refractivity contribution in [3.63, 3.8) is 0 Å². The topological polar surface area (TPSA) is 106 Å². The van der Waals surface area contributed by atoms with Crippen LogP contribution in [0.4, 0.5) is 33.9 Å². The molecule has 1 fully saturated rings. The van der Waals surface area contributed by atoms with Gasteiger partial charge in [0.05, 0.1) is 10.6 Å². The zero-order valence-corrected chi connectivity index (χ0v) is 22.7. The Morgan fingerprint density at radius 1 is 1.17 bits per heavy atom. The Morgan fingerprint density at radius 3 is 2.54 bits per heavy atom. The number of primary amides is 1. The van der Waals surface area contributed by atoms with Crippen LogP contribution in [0.3, 0.4) is 0 Å². The summed E-state index contributed by atoms with van der Waals surface area (Å²) in [5.41, 5.74) is 3.53. The lowest BCUT2D eigenvalue weighted by Gasteiger charge is -2.27. The third kappa shape index (κ3) is 6.27. The number of hydrogen-bond acceptors (Lipinski definition) is 5. The van der Waals surface area contributed by atoms with E-state index in [1.807, 2.05) is 0 Å². The minimum atomic E-state index is -4.66. The van der Waals surface area contributed by atoms with E-state index < -0.39 is 41.1 Å². The number of amides is 3. The Labute approximate surface area is 237 Å². The first-order chi connectivity index (χ1) is 19.2. The van der Waals surface area contributed by atoms with Gasteiger partial charge in [0.1, 0.15) is 11.6 Å². The third-order valence-corrected chi connectivity index (χ3v) is 6.94. The molecular formula is C28H25ClF4N4O4. The third-order valence-electron chi connectivity index (χ3n) is 6.65. The number of carbonyl (C=O) groups excluding carboxylic acids is 3. The van der Waals surface area contributed by atoms with E-state index in [4.69, 9.17) is 22.1 Å². The van der Waals surface area contributed by atoms with Crippen LogP contribution < -0.4 is 15.5 Å². The average Bonchev–Trinajstić information content (AvgIpc) is 3.20. The van der Waals surface area contributed by atoms with Gasteiger partial charge in [-0.15, -0.1) is 0 Å². The van der Waals surface area contributed by atoms with Crippen molar-refractivity contribution in [2.24, 2.45) is 5.73 Å². The lowest BCUT2D eigenvalue weighted by Crippen LogP contribution is -2.47. The highest BCUT2D eigenvalue weighted by Gasteiger charge is 2.51. The number of ether oxygens (including phenoxy) is 1. The van der Waals surface area contributed by atoms with E-state index in [-0.39, 0.29) is 48.0 Å². The van der Waals surface area contributed by atoms with Crippen LogP contribution in [0.2, 0.25) is 5.02 Å². The summed E-state index contributed by atoms with van der Waals surface area (Å²) in [5.74, 6) is -2.11. The molecule has 0 unspecified atom stereocenters. The lowest BCUT2D eigenvalue weighted by molar-refractivity contribution is -0.138. The normalized spacial score (nSPS) is 17.0. The molecule has 0 bridgehead atoms. The van der Waals surface area contributed by atoms with E-state index in [1.165, 1.54) is 30.0 Å². The molecule has 4 rings (SSSR count). The van der Waals surface area contributed by atoms with E-state index in [2.05, 4.69) is 4.98 Å².